The molecular formula is C16H16N4O3. The second-order valence-electron chi connectivity index (χ2n) is 5.67. The number of imidazole rings is 1. The molecule has 0 bridgehead atoms. The summed E-state index contributed by atoms with van der Waals surface area (Å²) in [4.78, 5) is 21.0. The minimum absolute atomic E-state index is 0.0461. The SMILES string of the molecule is Cc1cn2c(n1)CCC(NC(=O)c1ncoc1-c1ccco1)C2. The number of aryl methyl sites for hydroxylation is 2. The van der Waals surface area contributed by atoms with Gasteiger partial charge in [-0.25, -0.2) is 9.97 Å². The Balaban J connectivity index is 1.50. The molecule has 0 fully saturated rings. The first-order valence-corrected chi connectivity index (χ1v) is 7.51. The number of nitrogens with one attached hydrogen (secondary N) is 1. The number of amides is 1. The van der Waals surface area contributed by atoms with E-state index in [1.807, 2.05) is 13.1 Å². The molecule has 0 radical (unpaired) electrons. The van der Waals surface area contributed by atoms with Crippen molar-refractivity contribution in [1.29, 1.82) is 0 Å². The van der Waals surface area contributed by atoms with Crippen molar-refractivity contribution in [3.63, 3.8) is 0 Å². The van der Waals surface area contributed by atoms with Gasteiger partial charge in [0.2, 0.25) is 5.76 Å². The van der Waals surface area contributed by atoms with Gasteiger partial charge in [-0.05, 0) is 25.5 Å². The van der Waals surface area contributed by atoms with Crippen LogP contribution in [-0.4, -0.2) is 26.5 Å². The summed E-state index contributed by atoms with van der Waals surface area (Å²) in [5, 5.41) is 3.02. The smallest absolute Gasteiger partial charge is 0.274 e. The van der Waals surface area contributed by atoms with Crippen LogP contribution in [0.3, 0.4) is 0 Å². The van der Waals surface area contributed by atoms with E-state index in [1.54, 1.807) is 12.1 Å². The van der Waals surface area contributed by atoms with Crippen molar-refractivity contribution in [3.8, 4) is 11.5 Å². The average molecular weight is 312 g/mol. The Kier molecular flexibility index (Phi) is 3.25. The molecule has 0 saturated heterocycles. The van der Waals surface area contributed by atoms with Crippen LogP contribution in [0, 0.1) is 6.92 Å². The predicted octanol–water partition coefficient (Wildman–Crippen LogP) is 2.18. The van der Waals surface area contributed by atoms with Crippen molar-refractivity contribution in [2.24, 2.45) is 0 Å². The lowest BCUT2D eigenvalue weighted by atomic mass is 10.1. The summed E-state index contributed by atoms with van der Waals surface area (Å²) in [6, 6.07) is 3.52. The predicted molar refractivity (Wildman–Crippen MR) is 80.7 cm³/mol. The molecule has 1 atom stereocenters. The molecule has 0 aliphatic carbocycles. The van der Waals surface area contributed by atoms with Crippen LogP contribution < -0.4 is 5.32 Å². The van der Waals surface area contributed by atoms with E-state index in [0.717, 1.165) is 30.9 Å². The molecule has 118 valence electrons. The van der Waals surface area contributed by atoms with E-state index >= 15 is 0 Å². The standard InChI is InChI=1S/C16H16N4O3/c1-10-7-20-8-11(4-5-13(20)18-10)19-16(21)14-15(23-9-17-14)12-3-2-6-22-12/h2-3,6-7,9,11H,4-5,8H2,1H3,(H,19,21). The molecule has 4 rings (SSSR count). The van der Waals surface area contributed by atoms with Crippen LogP contribution in [0.1, 0.15) is 28.4 Å². The van der Waals surface area contributed by atoms with Crippen LogP contribution in [0.2, 0.25) is 0 Å². The summed E-state index contributed by atoms with van der Waals surface area (Å²) in [6.45, 7) is 2.69. The molecule has 1 aliphatic rings. The number of hydrogen-bond acceptors (Lipinski definition) is 5. The van der Waals surface area contributed by atoms with Crippen molar-refractivity contribution in [3.05, 3.63) is 48.2 Å². The fourth-order valence-corrected chi connectivity index (χ4v) is 2.95. The maximum absolute atomic E-state index is 12.5. The lowest BCUT2D eigenvalue weighted by Crippen LogP contribution is -2.41. The van der Waals surface area contributed by atoms with Gasteiger partial charge in [0.15, 0.2) is 17.8 Å². The maximum atomic E-state index is 12.5. The Hall–Kier alpha value is -2.83. The third kappa shape index (κ3) is 2.54. The second kappa shape index (κ2) is 5.42. The van der Waals surface area contributed by atoms with Gasteiger partial charge < -0.3 is 18.7 Å². The summed E-state index contributed by atoms with van der Waals surface area (Å²) < 4.78 is 12.7. The van der Waals surface area contributed by atoms with Crippen LogP contribution in [0.25, 0.3) is 11.5 Å². The fourth-order valence-electron chi connectivity index (χ4n) is 2.95. The number of nitrogens with zero attached hydrogens (tertiary/aromatic N) is 3. The van der Waals surface area contributed by atoms with Gasteiger partial charge in [0.05, 0.1) is 12.0 Å². The van der Waals surface area contributed by atoms with Gasteiger partial charge in [0.25, 0.3) is 5.91 Å². The molecule has 1 aliphatic heterocycles. The normalized spacial score (nSPS) is 17.0. The first-order chi connectivity index (χ1) is 11.2. The van der Waals surface area contributed by atoms with Gasteiger partial charge in [0.1, 0.15) is 5.82 Å². The summed E-state index contributed by atoms with van der Waals surface area (Å²) in [5.74, 6) is 1.66. The van der Waals surface area contributed by atoms with E-state index in [0.29, 0.717) is 11.5 Å². The largest absolute Gasteiger partial charge is 0.461 e. The molecule has 3 aromatic rings. The summed E-state index contributed by atoms with van der Waals surface area (Å²) in [5.41, 5.74) is 1.25. The van der Waals surface area contributed by atoms with Gasteiger partial charge >= 0.3 is 0 Å². The minimum Gasteiger partial charge on any atom is -0.461 e. The van der Waals surface area contributed by atoms with E-state index in [-0.39, 0.29) is 17.6 Å². The zero-order valence-electron chi connectivity index (χ0n) is 12.7. The van der Waals surface area contributed by atoms with Crippen LogP contribution in [-0.2, 0) is 13.0 Å². The number of aromatic nitrogens is 3. The number of furan rings is 1. The molecule has 1 amide bonds. The minimum atomic E-state index is -0.254. The molecule has 7 heteroatoms. The van der Waals surface area contributed by atoms with E-state index < -0.39 is 0 Å². The quantitative estimate of drug-likeness (QED) is 0.801. The van der Waals surface area contributed by atoms with E-state index in [9.17, 15) is 4.79 Å². The highest BCUT2D eigenvalue weighted by Gasteiger charge is 2.25. The molecule has 0 spiro atoms. The van der Waals surface area contributed by atoms with Crippen molar-refractivity contribution in [2.45, 2.75) is 32.4 Å². The highest BCUT2D eigenvalue weighted by molar-refractivity contribution is 5.97. The van der Waals surface area contributed by atoms with Crippen molar-refractivity contribution < 1.29 is 13.6 Å². The highest BCUT2D eigenvalue weighted by Crippen LogP contribution is 2.24. The highest BCUT2D eigenvalue weighted by atomic mass is 16.4. The molecule has 7 nitrogen and oxygen atoms in total. The zero-order valence-corrected chi connectivity index (χ0v) is 12.7. The molecule has 0 saturated carbocycles. The molecule has 3 aromatic heterocycles. The van der Waals surface area contributed by atoms with E-state index in [2.05, 4.69) is 19.9 Å². The van der Waals surface area contributed by atoms with Crippen LogP contribution in [0.5, 0.6) is 0 Å². The van der Waals surface area contributed by atoms with Gasteiger partial charge in [-0.2, -0.15) is 0 Å². The summed E-state index contributed by atoms with van der Waals surface area (Å²) in [7, 11) is 0. The lowest BCUT2D eigenvalue weighted by Gasteiger charge is -2.24. The Morgan fingerprint density at radius 3 is 3.17 bits per heavy atom. The third-order valence-electron chi connectivity index (χ3n) is 3.98. The molecule has 0 aromatic carbocycles. The Morgan fingerprint density at radius 1 is 1.43 bits per heavy atom. The van der Waals surface area contributed by atoms with Gasteiger partial charge in [-0.3, -0.25) is 4.79 Å². The molecule has 23 heavy (non-hydrogen) atoms. The Labute approximate surface area is 132 Å². The monoisotopic (exact) mass is 312 g/mol. The summed E-state index contributed by atoms with van der Waals surface area (Å²) >= 11 is 0. The molecule has 1 unspecified atom stereocenters. The number of oxazole rings is 1. The van der Waals surface area contributed by atoms with Gasteiger partial charge in [-0.15, -0.1) is 0 Å². The second-order valence-corrected chi connectivity index (χ2v) is 5.67. The lowest BCUT2D eigenvalue weighted by molar-refractivity contribution is 0.0923. The number of fused-ring (bicyclic) bond motifs is 1. The third-order valence-corrected chi connectivity index (χ3v) is 3.98. The first kappa shape index (κ1) is 13.8. The fraction of sp³-hybridized carbons (Fsp3) is 0.312. The topological polar surface area (TPSA) is 86.1 Å². The van der Waals surface area contributed by atoms with Gasteiger partial charge in [0, 0.05) is 25.2 Å². The van der Waals surface area contributed by atoms with Crippen LogP contribution in [0.15, 0.2) is 39.8 Å². The van der Waals surface area contributed by atoms with Gasteiger partial charge in [-0.1, -0.05) is 0 Å². The van der Waals surface area contributed by atoms with E-state index in [4.69, 9.17) is 8.83 Å². The number of hydrogen-bond donors (Lipinski definition) is 1. The number of carbonyl (C=O) groups is 1. The molecular weight excluding hydrogens is 296 g/mol. The zero-order chi connectivity index (χ0) is 15.8. The van der Waals surface area contributed by atoms with Crippen LogP contribution in [0.4, 0.5) is 0 Å². The average Bonchev–Trinajstić information content (AvgIpc) is 3.25. The Bertz CT molecular complexity index is 832. The van der Waals surface area contributed by atoms with Crippen molar-refractivity contribution in [1.82, 2.24) is 19.9 Å². The first-order valence-electron chi connectivity index (χ1n) is 7.51. The molecule has 1 N–H and O–H groups in total. The van der Waals surface area contributed by atoms with E-state index in [1.165, 1.54) is 12.7 Å². The number of carbonyl (C=O) groups excluding carboxylic acids is 1. The van der Waals surface area contributed by atoms with Crippen LogP contribution >= 0.6 is 0 Å². The molecule has 4 heterocycles. The maximum Gasteiger partial charge on any atom is 0.274 e. The van der Waals surface area contributed by atoms with Crippen molar-refractivity contribution >= 4 is 5.91 Å². The number of rotatable bonds is 3. The summed E-state index contributed by atoms with van der Waals surface area (Å²) in [6.07, 6.45) is 6.51. The Morgan fingerprint density at radius 2 is 2.35 bits per heavy atom. The van der Waals surface area contributed by atoms with Crippen molar-refractivity contribution in [2.75, 3.05) is 0 Å².